The summed E-state index contributed by atoms with van der Waals surface area (Å²) in [7, 11) is 0. The minimum absolute atomic E-state index is 0.185. The summed E-state index contributed by atoms with van der Waals surface area (Å²) in [6.45, 7) is 0.571. The van der Waals surface area contributed by atoms with E-state index < -0.39 is 11.9 Å². The SMILES string of the molecule is O=c1ccc(C2CC2)nn1C1COCC1Nc1ccc(C(F)(F)F)nn1. The average molecular weight is 367 g/mol. The molecule has 2 atom stereocenters. The van der Waals surface area contributed by atoms with Crippen LogP contribution in [0.3, 0.4) is 0 Å². The fraction of sp³-hybridized carbons (Fsp3) is 0.500. The third-order valence-corrected chi connectivity index (χ3v) is 4.49. The van der Waals surface area contributed by atoms with Gasteiger partial charge in [0.25, 0.3) is 5.56 Å². The lowest BCUT2D eigenvalue weighted by Crippen LogP contribution is -2.37. The fourth-order valence-electron chi connectivity index (χ4n) is 2.95. The van der Waals surface area contributed by atoms with Crippen LogP contribution in [0.15, 0.2) is 29.1 Å². The number of hydrogen-bond donors (Lipinski definition) is 1. The number of nitrogens with zero attached hydrogens (tertiary/aromatic N) is 4. The van der Waals surface area contributed by atoms with Crippen molar-refractivity contribution >= 4 is 5.82 Å². The molecule has 2 fully saturated rings. The molecular weight excluding hydrogens is 351 g/mol. The van der Waals surface area contributed by atoms with Gasteiger partial charge in [-0.05, 0) is 31.0 Å². The Morgan fingerprint density at radius 1 is 1.12 bits per heavy atom. The van der Waals surface area contributed by atoms with Gasteiger partial charge in [0.2, 0.25) is 0 Å². The predicted octanol–water partition coefficient (Wildman–Crippen LogP) is 1.98. The Hall–Kier alpha value is -2.49. The van der Waals surface area contributed by atoms with Gasteiger partial charge in [0.05, 0.1) is 24.9 Å². The van der Waals surface area contributed by atoms with Crippen molar-refractivity contribution in [1.29, 1.82) is 0 Å². The van der Waals surface area contributed by atoms with E-state index in [0.717, 1.165) is 24.6 Å². The highest BCUT2D eigenvalue weighted by atomic mass is 19.4. The lowest BCUT2D eigenvalue weighted by molar-refractivity contribution is -0.141. The molecule has 0 amide bonds. The molecule has 1 saturated heterocycles. The highest BCUT2D eigenvalue weighted by molar-refractivity contribution is 5.35. The first-order valence-electron chi connectivity index (χ1n) is 8.27. The van der Waals surface area contributed by atoms with Gasteiger partial charge < -0.3 is 10.1 Å². The molecule has 2 aromatic rings. The molecule has 1 N–H and O–H groups in total. The number of rotatable bonds is 4. The van der Waals surface area contributed by atoms with Gasteiger partial charge in [-0.3, -0.25) is 4.79 Å². The van der Waals surface area contributed by atoms with Gasteiger partial charge in [-0.2, -0.15) is 18.3 Å². The van der Waals surface area contributed by atoms with Crippen LogP contribution in [-0.2, 0) is 10.9 Å². The van der Waals surface area contributed by atoms with Crippen molar-refractivity contribution in [1.82, 2.24) is 20.0 Å². The van der Waals surface area contributed by atoms with E-state index in [4.69, 9.17) is 4.74 Å². The maximum atomic E-state index is 12.6. The van der Waals surface area contributed by atoms with E-state index in [2.05, 4.69) is 20.6 Å². The highest BCUT2D eigenvalue weighted by Gasteiger charge is 2.35. The molecule has 0 spiro atoms. The number of alkyl halides is 3. The Labute approximate surface area is 146 Å². The third-order valence-electron chi connectivity index (χ3n) is 4.49. The summed E-state index contributed by atoms with van der Waals surface area (Å²) in [5.41, 5.74) is -0.419. The number of nitrogens with one attached hydrogen (secondary N) is 1. The van der Waals surface area contributed by atoms with Crippen LogP contribution in [0.1, 0.15) is 36.2 Å². The van der Waals surface area contributed by atoms with Crippen molar-refractivity contribution < 1.29 is 17.9 Å². The van der Waals surface area contributed by atoms with Crippen molar-refractivity contribution in [3.8, 4) is 0 Å². The summed E-state index contributed by atoms with van der Waals surface area (Å²) < 4.78 is 44.6. The average Bonchev–Trinajstić information content (AvgIpc) is 3.35. The van der Waals surface area contributed by atoms with Crippen LogP contribution >= 0.6 is 0 Å². The smallest absolute Gasteiger partial charge is 0.377 e. The minimum atomic E-state index is -4.54. The molecule has 10 heteroatoms. The lowest BCUT2D eigenvalue weighted by Gasteiger charge is -2.21. The first-order valence-corrected chi connectivity index (χ1v) is 8.27. The first-order chi connectivity index (χ1) is 12.4. The van der Waals surface area contributed by atoms with Crippen LogP contribution in [-0.4, -0.2) is 39.2 Å². The van der Waals surface area contributed by atoms with Gasteiger partial charge in [-0.1, -0.05) is 0 Å². The third kappa shape index (κ3) is 3.41. The molecule has 0 bridgehead atoms. The maximum Gasteiger partial charge on any atom is 0.435 e. The van der Waals surface area contributed by atoms with Gasteiger partial charge in [0.1, 0.15) is 11.9 Å². The van der Waals surface area contributed by atoms with Gasteiger partial charge in [0.15, 0.2) is 5.69 Å². The van der Waals surface area contributed by atoms with Crippen molar-refractivity contribution in [3.63, 3.8) is 0 Å². The number of hydrogen-bond acceptors (Lipinski definition) is 6. The van der Waals surface area contributed by atoms with Gasteiger partial charge >= 0.3 is 6.18 Å². The molecule has 0 aromatic carbocycles. The zero-order valence-electron chi connectivity index (χ0n) is 13.6. The molecule has 0 radical (unpaired) electrons. The number of anilines is 1. The summed E-state index contributed by atoms with van der Waals surface area (Å²) >= 11 is 0. The van der Waals surface area contributed by atoms with Gasteiger partial charge in [-0.15, -0.1) is 10.2 Å². The largest absolute Gasteiger partial charge is 0.435 e. The Bertz CT molecular complexity index is 848. The van der Waals surface area contributed by atoms with Crippen molar-refractivity contribution in [2.45, 2.75) is 37.0 Å². The maximum absolute atomic E-state index is 12.6. The van der Waals surface area contributed by atoms with Crippen LogP contribution < -0.4 is 10.9 Å². The molecule has 4 rings (SSSR count). The fourth-order valence-corrected chi connectivity index (χ4v) is 2.95. The molecule has 1 aliphatic heterocycles. The van der Waals surface area contributed by atoms with E-state index in [1.54, 1.807) is 6.07 Å². The Morgan fingerprint density at radius 2 is 1.92 bits per heavy atom. The molecule has 138 valence electrons. The Morgan fingerprint density at radius 3 is 2.58 bits per heavy atom. The molecule has 3 heterocycles. The number of halogens is 3. The van der Waals surface area contributed by atoms with E-state index in [0.29, 0.717) is 5.92 Å². The lowest BCUT2D eigenvalue weighted by atomic mass is 10.1. The molecule has 7 nitrogen and oxygen atoms in total. The molecule has 2 aliphatic rings. The number of aromatic nitrogens is 4. The topological polar surface area (TPSA) is 81.9 Å². The second-order valence-electron chi connectivity index (χ2n) is 6.47. The highest BCUT2D eigenvalue weighted by Crippen LogP contribution is 2.38. The van der Waals surface area contributed by atoms with E-state index in [9.17, 15) is 18.0 Å². The summed E-state index contributed by atoms with van der Waals surface area (Å²) in [4.78, 5) is 12.2. The van der Waals surface area contributed by atoms with Crippen LogP contribution in [0.2, 0.25) is 0 Å². The number of ether oxygens (including phenoxy) is 1. The minimum Gasteiger partial charge on any atom is -0.377 e. The molecule has 26 heavy (non-hydrogen) atoms. The molecule has 1 aliphatic carbocycles. The van der Waals surface area contributed by atoms with Crippen LogP contribution in [0.5, 0.6) is 0 Å². The van der Waals surface area contributed by atoms with E-state index in [-0.39, 0.29) is 36.7 Å². The van der Waals surface area contributed by atoms with E-state index in [1.807, 2.05) is 0 Å². The van der Waals surface area contributed by atoms with Crippen LogP contribution in [0, 0.1) is 0 Å². The van der Waals surface area contributed by atoms with E-state index >= 15 is 0 Å². The standard InChI is InChI=1S/C16H16F3N5O2/c17-16(18,19)13-4-5-14(22-21-13)20-11-7-26-8-12(11)24-15(25)6-3-10(23-24)9-1-2-9/h3-6,9,11-12H,1-2,7-8H2,(H,20,22). The second-order valence-corrected chi connectivity index (χ2v) is 6.47. The zero-order chi connectivity index (χ0) is 18.3. The first kappa shape index (κ1) is 17.0. The summed E-state index contributed by atoms with van der Waals surface area (Å²) in [6, 6.07) is 4.59. The molecular formula is C16H16F3N5O2. The molecule has 2 aromatic heterocycles. The molecule has 2 unspecified atom stereocenters. The predicted molar refractivity (Wildman–Crippen MR) is 84.8 cm³/mol. The summed E-state index contributed by atoms with van der Waals surface area (Å²) in [6.07, 6.45) is -2.41. The quantitative estimate of drug-likeness (QED) is 0.890. The van der Waals surface area contributed by atoms with E-state index in [1.165, 1.54) is 16.8 Å². The van der Waals surface area contributed by atoms with Crippen LogP contribution in [0.4, 0.5) is 19.0 Å². The normalized spacial score (nSPS) is 23.2. The van der Waals surface area contributed by atoms with Crippen molar-refractivity contribution in [2.24, 2.45) is 0 Å². The summed E-state index contributed by atoms with van der Waals surface area (Å²) in [5, 5.41) is 14.2. The second kappa shape index (κ2) is 6.35. The van der Waals surface area contributed by atoms with Crippen LogP contribution in [0.25, 0.3) is 0 Å². The van der Waals surface area contributed by atoms with Crippen molar-refractivity contribution in [2.75, 3.05) is 18.5 Å². The Kier molecular flexibility index (Phi) is 4.14. The summed E-state index contributed by atoms with van der Waals surface area (Å²) in [5.74, 6) is 0.584. The van der Waals surface area contributed by atoms with Crippen molar-refractivity contribution in [3.05, 3.63) is 46.0 Å². The van der Waals surface area contributed by atoms with Gasteiger partial charge in [0, 0.05) is 12.0 Å². The van der Waals surface area contributed by atoms with Gasteiger partial charge in [-0.25, -0.2) is 4.68 Å². The monoisotopic (exact) mass is 367 g/mol. The molecule has 1 saturated carbocycles. The zero-order valence-corrected chi connectivity index (χ0v) is 13.6. The Balaban J connectivity index is 1.54.